The van der Waals surface area contributed by atoms with Gasteiger partial charge in [0, 0.05) is 11.8 Å². The second kappa shape index (κ2) is 9.18. The Labute approximate surface area is 194 Å². The first-order valence-electron chi connectivity index (χ1n) is 11.5. The number of aliphatic hydroxyl groups is 8. The van der Waals surface area contributed by atoms with Crippen LogP contribution >= 0.6 is 0 Å². The van der Waals surface area contributed by atoms with Crippen molar-refractivity contribution < 1.29 is 64.5 Å². The zero-order valence-corrected chi connectivity index (χ0v) is 18.3. The molecule has 8 N–H and O–H groups in total. The zero-order valence-electron chi connectivity index (χ0n) is 18.3. The van der Waals surface area contributed by atoms with Crippen LogP contribution in [0.5, 0.6) is 0 Å². The average molecular weight is 492 g/mol. The minimum absolute atomic E-state index is 0.327. The standard InChI is InChI=1S/C21H32O13/c1-5-9(23)11(25)15(29)21(31-5)34-17-6-2-3-30-20(8(6)18-19(17)32-18)33-16-7(4-22)10(24)12(26)13(27)14(16)28/h2-3,5-29H,4H2,1H3. The van der Waals surface area contributed by atoms with Crippen LogP contribution in [0.3, 0.4) is 0 Å². The van der Waals surface area contributed by atoms with Gasteiger partial charge in [0.2, 0.25) is 6.29 Å². The first-order valence-corrected chi connectivity index (χ1v) is 11.5. The summed E-state index contributed by atoms with van der Waals surface area (Å²) >= 11 is 0. The lowest BCUT2D eigenvalue weighted by Gasteiger charge is -2.45. The predicted octanol–water partition coefficient (Wildman–Crippen LogP) is -4.47. The molecule has 0 radical (unpaired) electrons. The highest BCUT2D eigenvalue weighted by atomic mass is 16.7. The van der Waals surface area contributed by atoms with Crippen LogP contribution in [0.2, 0.25) is 0 Å². The Kier molecular flexibility index (Phi) is 6.68. The first kappa shape index (κ1) is 24.7. The fourth-order valence-electron chi connectivity index (χ4n) is 5.66. The predicted molar refractivity (Wildman–Crippen MR) is 106 cm³/mol. The molecule has 4 fully saturated rings. The van der Waals surface area contributed by atoms with Crippen molar-refractivity contribution in [3.63, 3.8) is 0 Å². The molecule has 0 aromatic heterocycles. The van der Waals surface area contributed by atoms with E-state index in [0.29, 0.717) is 0 Å². The van der Waals surface area contributed by atoms with E-state index in [0.717, 1.165) is 0 Å². The highest BCUT2D eigenvalue weighted by Crippen LogP contribution is 2.53. The monoisotopic (exact) mass is 492 g/mol. The summed E-state index contributed by atoms with van der Waals surface area (Å²) in [6.07, 6.45) is -13.1. The van der Waals surface area contributed by atoms with Crippen molar-refractivity contribution in [2.24, 2.45) is 17.8 Å². The fraction of sp³-hybridized carbons (Fsp3) is 0.905. The number of hydrogen-bond acceptors (Lipinski definition) is 13. The summed E-state index contributed by atoms with van der Waals surface area (Å²) in [5.74, 6) is -1.83. The largest absolute Gasteiger partial charge is 0.472 e. The first-order chi connectivity index (χ1) is 16.1. The number of ether oxygens (including phenoxy) is 5. The number of rotatable bonds is 5. The van der Waals surface area contributed by atoms with Gasteiger partial charge in [-0.15, -0.1) is 0 Å². The lowest BCUT2D eigenvalue weighted by Crippen LogP contribution is -2.63. The molecule has 0 bridgehead atoms. The third-order valence-corrected chi connectivity index (χ3v) is 7.76. The molecule has 0 spiro atoms. The summed E-state index contributed by atoms with van der Waals surface area (Å²) in [6, 6.07) is 0. The van der Waals surface area contributed by atoms with Crippen molar-refractivity contribution >= 4 is 0 Å². The number of aliphatic hydroxyl groups excluding tert-OH is 8. The summed E-state index contributed by atoms with van der Waals surface area (Å²) in [5.41, 5.74) is 0. The summed E-state index contributed by atoms with van der Waals surface area (Å²) < 4.78 is 28.8. The minimum atomic E-state index is -1.68. The van der Waals surface area contributed by atoms with E-state index < -0.39 is 92.1 Å². The molecule has 194 valence electrons. The van der Waals surface area contributed by atoms with Crippen LogP contribution in [-0.4, -0.2) is 133 Å². The maximum absolute atomic E-state index is 10.5. The van der Waals surface area contributed by atoms with Gasteiger partial charge in [0.25, 0.3) is 0 Å². The zero-order chi connectivity index (χ0) is 24.5. The van der Waals surface area contributed by atoms with Crippen molar-refractivity contribution in [3.05, 3.63) is 12.3 Å². The van der Waals surface area contributed by atoms with E-state index in [9.17, 15) is 40.9 Å². The van der Waals surface area contributed by atoms with Gasteiger partial charge in [-0.3, -0.25) is 0 Å². The molecule has 34 heavy (non-hydrogen) atoms. The van der Waals surface area contributed by atoms with E-state index >= 15 is 0 Å². The molecule has 13 heteroatoms. The Balaban J connectivity index is 1.30. The minimum Gasteiger partial charge on any atom is -0.472 e. The van der Waals surface area contributed by atoms with Crippen LogP contribution in [-0.2, 0) is 23.7 Å². The van der Waals surface area contributed by atoms with Gasteiger partial charge >= 0.3 is 0 Å². The molecule has 2 saturated heterocycles. The summed E-state index contributed by atoms with van der Waals surface area (Å²) in [5, 5.41) is 80.8. The van der Waals surface area contributed by atoms with E-state index in [2.05, 4.69) is 0 Å². The van der Waals surface area contributed by atoms with Gasteiger partial charge in [-0.25, -0.2) is 0 Å². The topological polar surface area (TPSA) is 211 Å². The smallest absolute Gasteiger partial charge is 0.205 e. The molecule has 5 rings (SSSR count). The Hall–Kier alpha value is -0.940. The van der Waals surface area contributed by atoms with Crippen molar-refractivity contribution in [3.8, 4) is 0 Å². The normalized spacial score (nSPS) is 58.7. The molecular weight excluding hydrogens is 460 g/mol. The van der Waals surface area contributed by atoms with Crippen LogP contribution in [0.1, 0.15) is 6.92 Å². The molecule has 0 aromatic rings. The SMILES string of the molecule is CC1OC(OC2C3C=COC(OC4C(O)C(O)C(O)C(O)C4CO)C3C3OC23)C(O)C(O)C1O. The molecule has 3 aliphatic heterocycles. The fourth-order valence-corrected chi connectivity index (χ4v) is 5.66. The molecule has 0 amide bonds. The molecule has 0 aromatic carbocycles. The number of epoxide rings is 1. The van der Waals surface area contributed by atoms with Crippen LogP contribution in [0.4, 0.5) is 0 Å². The number of fused-ring (bicyclic) bond motifs is 3. The van der Waals surface area contributed by atoms with Gasteiger partial charge in [-0.05, 0) is 13.0 Å². The van der Waals surface area contributed by atoms with Gasteiger partial charge in [0.05, 0.1) is 49.3 Å². The van der Waals surface area contributed by atoms with Crippen molar-refractivity contribution in [1.29, 1.82) is 0 Å². The molecule has 5 aliphatic rings. The molecule has 13 nitrogen and oxygen atoms in total. The second-order valence-corrected chi connectivity index (χ2v) is 9.74. The van der Waals surface area contributed by atoms with Gasteiger partial charge in [0.1, 0.15) is 42.7 Å². The molecular formula is C21H32O13. The molecule has 3 heterocycles. The second-order valence-electron chi connectivity index (χ2n) is 9.74. The van der Waals surface area contributed by atoms with E-state index in [-0.39, 0.29) is 18.1 Å². The van der Waals surface area contributed by atoms with Crippen molar-refractivity contribution in [2.45, 2.75) is 92.8 Å². The van der Waals surface area contributed by atoms with Crippen LogP contribution in [0.25, 0.3) is 0 Å². The lowest BCUT2D eigenvalue weighted by molar-refractivity contribution is -0.312. The van der Waals surface area contributed by atoms with Gasteiger partial charge in [0.15, 0.2) is 6.29 Å². The summed E-state index contributed by atoms with van der Waals surface area (Å²) in [7, 11) is 0. The van der Waals surface area contributed by atoms with Gasteiger partial charge in [-0.2, -0.15) is 0 Å². The van der Waals surface area contributed by atoms with Gasteiger partial charge in [-0.1, -0.05) is 0 Å². The van der Waals surface area contributed by atoms with E-state index in [1.165, 1.54) is 6.26 Å². The summed E-state index contributed by atoms with van der Waals surface area (Å²) in [4.78, 5) is 0. The Morgan fingerprint density at radius 2 is 1.35 bits per heavy atom. The number of hydrogen-bond donors (Lipinski definition) is 8. The van der Waals surface area contributed by atoms with Crippen molar-refractivity contribution in [2.75, 3.05) is 6.61 Å². The van der Waals surface area contributed by atoms with E-state index in [4.69, 9.17) is 23.7 Å². The van der Waals surface area contributed by atoms with Crippen LogP contribution in [0, 0.1) is 17.8 Å². The molecule has 2 saturated carbocycles. The average Bonchev–Trinajstić information content (AvgIpc) is 3.55. The highest BCUT2D eigenvalue weighted by molar-refractivity contribution is 5.17. The Bertz CT molecular complexity index is 767. The summed E-state index contributed by atoms with van der Waals surface area (Å²) in [6.45, 7) is 0.940. The molecule has 2 aliphatic carbocycles. The Morgan fingerprint density at radius 3 is 2.06 bits per heavy atom. The third kappa shape index (κ3) is 3.88. The van der Waals surface area contributed by atoms with E-state index in [1.54, 1.807) is 13.0 Å². The quantitative estimate of drug-likeness (QED) is 0.170. The lowest BCUT2D eigenvalue weighted by atomic mass is 9.78. The van der Waals surface area contributed by atoms with Crippen LogP contribution in [0.15, 0.2) is 12.3 Å². The molecule has 17 unspecified atom stereocenters. The van der Waals surface area contributed by atoms with E-state index in [1.807, 2.05) is 0 Å². The highest BCUT2D eigenvalue weighted by Gasteiger charge is 2.67. The van der Waals surface area contributed by atoms with Crippen LogP contribution < -0.4 is 0 Å². The maximum atomic E-state index is 10.5. The maximum Gasteiger partial charge on any atom is 0.205 e. The third-order valence-electron chi connectivity index (χ3n) is 7.76. The van der Waals surface area contributed by atoms with Gasteiger partial charge < -0.3 is 64.5 Å². The Morgan fingerprint density at radius 1 is 0.706 bits per heavy atom. The van der Waals surface area contributed by atoms with Crippen molar-refractivity contribution in [1.82, 2.24) is 0 Å². The molecule has 17 atom stereocenters.